The van der Waals surface area contributed by atoms with Crippen molar-refractivity contribution in [3.8, 4) is 65.4 Å². The van der Waals surface area contributed by atoms with Gasteiger partial charge in [0.1, 0.15) is 0 Å². The third kappa shape index (κ3) is 6.50. The van der Waals surface area contributed by atoms with Gasteiger partial charge in [0.2, 0.25) is 0 Å². The Hall–Kier alpha value is -5.96. The van der Waals surface area contributed by atoms with Crippen LogP contribution in [0.1, 0.15) is 32.0 Å². The van der Waals surface area contributed by atoms with Crippen LogP contribution in [0.3, 0.4) is 0 Å². The van der Waals surface area contributed by atoms with Crippen LogP contribution in [0.4, 0.5) is 26.3 Å². The normalized spacial score (nSPS) is 15.4. The molecule has 61 heavy (non-hydrogen) atoms. The molecule has 0 nitrogen and oxygen atoms in total. The Labute approximate surface area is 359 Å². The lowest BCUT2D eigenvalue weighted by Gasteiger charge is -2.26. The Morgan fingerprint density at radius 2 is 0.656 bits per heavy atom. The smallest absolute Gasteiger partial charge is 0.194 e. The predicted octanol–water partition coefficient (Wildman–Crippen LogP) is 16.9. The maximum Gasteiger partial charge on any atom is 0.380 e. The van der Waals surface area contributed by atoms with Crippen LogP contribution in [-0.4, -0.2) is 17.8 Å². The molecule has 1 aliphatic carbocycles. The summed E-state index contributed by atoms with van der Waals surface area (Å²) in [5, 5.41) is 0. The number of halogens is 6. The van der Waals surface area contributed by atoms with E-state index in [1.165, 1.54) is 0 Å². The summed E-state index contributed by atoms with van der Waals surface area (Å²) in [6.45, 7) is 6.24. The van der Waals surface area contributed by atoms with E-state index in [0.717, 1.165) is 67.2 Å². The Morgan fingerprint density at radius 3 is 0.984 bits per heavy atom. The molecule has 0 amide bonds. The average molecular weight is 853 g/mol. The van der Waals surface area contributed by atoms with Crippen molar-refractivity contribution in [2.24, 2.45) is 0 Å². The van der Waals surface area contributed by atoms with Crippen LogP contribution in [0.25, 0.3) is 76.5 Å². The predicted molar refractivity (Wildman–Crippen MR) is 242 cm³/mol. The van der Waals surface area contributed by atoms with E-state index < -0.39 is 28.9 Å². The van der Waals surface area contributed by atoms with E-state index in [2.05, 4.69) is 0 Å². The standard InChI is InChI=1S/C53H38F6S2/c1-31-45(33(3)60-49(31)41-27-25-39(35-17-9-5-10-18-35)29-43(41)37-21-13-7-14-22-37)47-48(52(56,57)53(58,59)51(47,54)55)46-32(2)50(61-34(46)4)42-28-26-40(36-19-11-6-12-20-36)30-44(42)38-23-15-8-16-24-38/h5-30H,1-4H3. The van der Waals surface area contributed by atoms with Crippen molar-refractivity contribution in [2.75, 3.05) is 0 Å². The van der Waals surface area contributed by atoms with Gasteiger partial charge < -0.3 is 0 Å². The Morgan fingerprint density at radius 1 is 0.344 bits per heavy atom. The summed E-state index contributed by atoms with van der Waals surface area (Å²) >= 11 is 2.29. The largest absolute Gasteiger partial charge is 0.380 e. The van der Waals surface area contributed by atoms with Crippen molar-refractivity contribution in [1.29, 1.82) is 0 Å². The van der Waals surface area contributed by atoms with E-state index in [1.54, 1.807) is 27.7 Å². The fourth-order valence-electron chi connectivity index (χ4n) is 8.76. The van der Waals surface area contributed by atoms with Gasteiger partial charge in [-0.25, -0.2) is 0 Å². The molecule has 6 aromatic carbocycles. The van der Waals surface area contributed by atoms with Gasteiger partial charge in [0.05, 0.1) is 0 Å². The second-order valence-corrected chi connectivity index (χ2v) is 17.9. The number of allylic oxidation sites excluding steroid dienone is 2. The highest BCUT2D eigenvalue weighted by molar-refractivity contribution is 7.16. The van der Waals surface area contributed by atoms with Gasteiger partial charge in [-0.2, -0.15) is 26.3 Å². The van der Waals surface area contributed by atoms with Crippen molar-refractivity contribution < 1.29 is 26.3 Å². The summed E-state index contributed by atoms with van der Waals surface area (Å²) in [7, 11) is 0. The summed E-state index contributed by atoms with van der Waals surface area (Å²) in [6, 6.07) is 50.3. The van der Waals surface area contributed by atoms with Crippen LogP contribution in [0, 0.1) is 27.7 Å². The fraction of sp³-hybridized carbons (Fsp3) is 0.132. The molecule has 2 aromatic heterocycles. The highest BCUT2D eigenvalue weighted by atomic mass is 32.1. The van der Waals surface area contributed by atoms with Crippen LogP contribution in [0.2, 0.25) is 0 Å². The first-order valence-corrected chi connectivity index (χ1v) is 21.5. The van der Waals surface area contributed by atoms with Gasteiger partial charge in [-0.05, 0) is 107 Å². The SMILES string of the molecule is Cc1sc(-c2ccc(-c3ccccc3)cc2-c2ccccc2)c(C)c1C1=C(c2c(C)sc(-c3ccc(-c4ccccc4)cc3-c3ccccc3)c2C)C(F)(F)C(F)(F)C1(F)F. The summed E-state index contributed by atoms with van der Waals surface area (Å²) in [5.41, 5.74) is 5.75. The van der Waals surface area contributed by atoms with E-state index in [4.69, 9.17) is 0 Å². The highest BCUT2D eigenvalue weighted by Crippen LogP contribution is 2.67. The molecule has 304 valence electrons. The zero-order valence-corrected chi connectivity index (χ0v) is 35.2. The lowest BCUT2D eigenvalue weighted by atomic mass is 9.88. The maximum absolute atomic E-state index is 16.7. The molecule has 0 spiro atoms. The summed E-state index contributed by atoms with van der Waals surface area (Å²) < 4.78 is 98.7. The molecule has 0 saturated heterocycles. The molecule has 0 N–H and O–H groups in total. The number of rotatable bonds is 8. The van der Waals surface area contributed by atoms with Crippen LogP contribution in [0.5, 0.6) is 0 Å². The third-order valence-electron chi connectivity index (χ3n) is 11.7. The second kappa shape index (κ2) is 15.2. The molecule has 0 radical (unpaired) electrons. The van der Waals surface area contributed by atoms with Crippen molar-refractivity contribution in [3.63, 3.8) is 0 Å². The Balaban J connectivity index is 1.27. The molecule has 9 rings (SSSR count). The molecule has 0 bridgehead atoms. The van der Waals surface area contributed by atoms with E-state index in [9.17, 15) is 0 Å². The van der Waals surface area contributed by atoms with Crippen molar-refractivity contribution in [2.45, 2.75) is 45.5 Å². The zero-order valence-electron chi connectivity index (χ0n) is 33.6. The van der Waals surface area contributed by atoms with E-state index in [-0.39, 0.29) is 32.0 Å². The minimum atomic E-state index is -5.70. The first-order valence-electron chi connectivity index (χ1n) is 19.8. The van der Waals surface area contributed by atoms with Gasteiger partial charge >= 0.3 is 17.8 Å². The lowest BCUT2D eigenvalue weighted by Crippen LogP contribution is -2.49. The van der Waals surface area contributed by atoms with Crippen molar-refractivity contribution in [3.05, 3.63) is 190 Å². The first-order chi connectivity index (χ1) is 29.2. The Bertz CT molecular complexity index is 2760. The van der Waals surface area contributed by atoms with E-state index >= 15 is 26.3 Å². The first kappa shape index (κ1) is 40.4. The minimum Gasteiger partial charge on any atom is -0.194 e. The lowest BCUT2D eigenvalue weighted by molar-refractivity contribution is -0.254. The molecule has 0 atom stereocenters. The third-order valence-corrected chi connectivity index (χ3v) is 14.2. The molecular formula is C53H38F6S2. The number of aryl methyl sites for hydroxylation is 2. The quantitative estimate of drug-likeness (QED) is 0.134. The number of hydrogen-bond acceptors (Lipinski definition) is 2. The molecule has 8 aromatic rings. The topological polar surface area (TPSA) is 0 Å². The number of hydrogen-bond donors (Lipinski definition) is 0. The maximum atomic E-state index is 16.7. The number of thiophene rings is 2. The van der Waals surface area contributed by atoms with Crippen LogP contribution in [-0.2, 0) is 0 Å². The summed E-state index contributed by atoms with van der Waals surface area (Å²) in [5.74, 6) is -16.1. The fourth-order valence-corrected chi connectivity index (χ4v) is 11.2. The molecule has 8 heteroatoms. The average Bonchev–Trinajstić information content (AvgIpc) is 3.77. The van der Waals surface area contributed by atoms with Crippen LogP contribution < -0.4 is 0 Å². The van der Waals surface area contributed by atoms with Crippen LogP contribution >= 0.6 is 22.7 Å². The minimum absolute atomic E-state index is 0.237. The van der Waals surface area contributed by atoms with E-state index in [0.29, 0.717) is 20.9 Å². The molecule has 0 saturated carbocycles. The van der Waals surface area contributed by atoms with Crippen molar-refractivity contribution in [1.82, 2.24) is 0 Å². The zero-order chi connectivity index (χ0) is 42.8. The summed E-state index contributed by atoms with van der Waals surface area (Å²) in [6.07, 6.45) is 0. The van der Waals surface area contributed by atoms with Gasteiger partial charge in [0.15, 0.2) is 0 Å². The van der Waals surface area contributed by atoms with Crippen molar-refractivity contribution >= 4 is 33.8 Å². The molecular weight excluding hydrogens is 815 g/mol. The van der Waals surface area contributed by atoms with Gasteiger partial charge in [0, 0.05) is 41.8 Å². The van der Waals surface area contributed by atoms with Crippen LogP contribution in [0.15, 0.2) is 158 Å². The molecule has 0 aliphatic heterocycles. The Kier molecular flexibility index (Phi) is 10.1. The van der Waals surface area contributed by atoms with Gasteiger partial charge in [0.25, 0.3) is 0 Å². The second-order valence-electron chi connectivity index (χ2n) is 15.4. The van der Waals surface area contributed by atoms with E-state index in [1.807, 2.05) is 158 Å². The molecule has 0 fully saturated rings. The van der Waals surface area contributed by atoms with Gasteiger partial charge in [-0.3, -0.25) is 0 Å². The monoisotopic (exact) mass is 852 g/mol. The van der Waals surface area contributed by atoms with Gasteiger partial charge in [-0.1, -0.05) is 146 Å². The molecule has 0 unspecified atom stereocenters. The number of benzene rings is 6. The van der Waals surface area contributed by atoms with Gasteiger partial charge in [-0.15, -0.1) is 22.7 Å². The molecule has 2 heterocycles. The number of alkyl halides is 6. The molecule has 1 aliphatic rings. The highest BCUT2D eigenvalue weighted by Gasteiger charge is 2.80. The summed E-state index contributed by atoms with van der Waals surface area (Å²) in [4.78, 5) is 1.57.